The highest BCUT2D eigenvalue weighted by molar-refractivity contribution is 9.10. The van der Waals surface area contributed by atoms with Crippen LogP contribution in [0, 0.1) is 13.8 Å². The van der Waals surface area contributed by atoms with E-state index >= 15 is 0 Å². The summed E-state index contributed by atoms with van der Waals surface area (Å²) in [6.45, 7) is 3.66. The van der Waals surface area contributed by atoms with Crippen LogP contribution in [0.25, 0.3) is 0 Å². The molecule has 0 bridgehead atoms. The molecule has 0 aliphatic rings. The van der Waals surface area contributed by atoms with Crippen molar-refractivity contribution < 1.29 is 23.5 Å². The van der Waals surface area contributed by atoms with Gasteiger partial charge in [-0.2, -0.15) is 0 Å². The summed E-state index contributed by atoms with van der Waals surface area (Å²) < 4.78 is 10.6. The highest BCUT2D eigenvalue weighted by atomic mass is 79.9. The lowest BCUT2D eigenvalue weighted by atomic mass is 10.0. The molecule has 0 aliphatic heterocycles. The second kappa shape index (κ2) is 9.18. The van der Waals surface area contributed by atoms with E-state index in [9.17, 15) is 14.4 Å². The van der Waals surface area contributed by atoms with Gasteiger partial charge in [0.05, 0.1) is 23.9 Å². The minimum absolute atomic E-state index is 0.140. The number of furan rings is 1. The minimum Gasteiger partial charge on any atom is -0.465 e. The standard InChI is InChI=1S/C23H21BrN2O5/c1-13-11-15(12-17(14(13)2)23(29)30-4)25-21(27)16-7-5-6-8-18(16)26(3)22(28)19-9-10-20(24)31-19/h5-12H,1-4H3,(H,25,27). The number of rotatable bonds is 5. The Hall–Kier alpha value is -3.39. The van der Waals surface area contributed by atoms with Crippen molar-refractivity contribution in [1.29, 1.82) is 0 Å². The van der Waals surface area contributed by atoms with Crippen LogP contribution in [0.1, 0.15) is 42.4 Å². The number of hydrogen-bond acceptors (Lipinski definition) is 5. The summed E-state index contributed by atoms with van der Waals surface area (Å²) in [7, 11) is 2.87. The zero-order valence-electron chi connectivity index (χ0n) is 17.5. The molecule has 0 aliphatic carbocycles. The third-order valence-corrected chi connectivity index (χ3v) is 5.36. The summed E-state index contributed by atoms with van der Waals surface area (Å²) in [5.41, 5.74) is 3.15. The van der Waals surface area contributed by atoms with Gasteiger partial charge in [0.25, 0.3) is 11.8 Å². The zero-order chi connectivity index (χ0) is 22.7. The Labute approximate surface area is 188 Å². The molecule has 2 aromatic carbocycles. The Balaban J connectivity index is 1.91. The molecule has 0 spiro atoms. The molecule has 8 heteroatoms. The van der Waals surface area contributed by atoms with Gasteiger partial charge in [-0.1, -0.05) is 12.1 Å². The summed E-state index contributed by atoms with van der Waals surface area (Å²) in [4.78, 5) is 39.2. The molecule has 0 radical (unpaired) electrons. The number of carbonyl (C=O) groups is 3. The highest BCUT2D eigenvalue weighted by Crippen LogP contribution is 2.26. The first-order valence-corrected chi connectivity index (χ1v) is 10.2. The molecule has 160 valence electrons. The van der Waals surface area contributed by atoms with Gasteiger partial charge in [-0.05, 0) is 77.3 Å². The monoisotopic (exact) mass is 484 g/mol. The number of methoxy groups -OCH3 is 1. The van der Waals surface area contributed by atoms with Crippen molar-refractivity contribution >= 4 is 45.1 Å². The van der Waals surface area contributed by atoms with Crippen LogP contribution in [0.4, 0.5) is 11.4 Å². The van der Waals surface area contributed by atoms with Crippen LogP contribution in [0.2, 0.25) is 0 Å². The quantitative estimate of drug-likeness (QED) is 0.516. The van der Waals surface area contributed by atoms with Crippen molar-refractivity contribution in [1.82, 2.24) is 0 Å². The van der Waals surface area contributed by atoms with E-state index in [1.807, 2.05) is 13.8 Å². The van der Waals surface area contributed by atoms with E-state index in [4.69, 9.17) is 9.15 Å². The van der Waals surface area contributed by atoms with Crippen LogP contribution >= 0.6 is 15.9 Å². The van der Waals surface area contributed by atoms with Crippen molar-refractivity contribution in [3.63, 3.8) is 0 Å². The molecule has 0 fully saturated rings. The molecule has 1 heterocycles. The number of para-hydroxylation sites is 1. The molecular formula is C23H21BrN2O5. The number of ether oxygens (including phenoxy) is 1. The largest absolute Gasteiger partial charge is 0.465 e. The minimum atomic E-state index is -0.480. The number of aryl methyl sites for hydroxylation is 1. The highest BCUT2D eigenvalue weighted by Gasteiger charge is 2.22. The smallest absolute Gasteiger partial charge is 0.338 e. The first-order valence-electron chi connectivity index (χ1n) is 9.36. The van der Waals surface area contributed by atoms with Gasteiger partial charge in [0.2, 0.25) is 0 Å². The van der Waals surface area contributed by atoms with Crippen LogP contribution in [0.3, 0.4) is 0 Å². The van der Waals surface area contributed by atoms with E-state index in [1.165, 1.54) is 12.0 Å². The second-order valence-electron chi connectivity index (χ2n) is 6.90. The Morgan fingerprint density at radius 2 is 1.74 bits per heavy atom. The number of hydrogen-bond donors (Lipinski definition) is 1. The maximum absolute atomic E-state index is 13.1. The van der Waals surface area contributed by atoms with Gasteiger partial charge in [-0.25, -0.2) is 4.79 Å². The lowest BCUT2D eigenvalue weighted by molar-refractivity contribution is 0.0599. The third kappa shape index (κ3) is 4.69. The second-order valence-corrected chi connectivity index (χ2v) is 7.68. The number of esters is 1. The average Bonchev–Trinajstić information content (AvgIpc) is 3.20. The first kappa shape index (κ1) is 22.3. The third-order valence-electron chi connectivity index (χ3n) is 4.93. The van der Waals surface area contributed by atoms with E-state index in [-0.39, 0.29) is 5.76 Å². The van der Waals surface area contributed by atoms with Crippen LogP contribution in [0.5, 0.6) is 0 Å². The van der Waals surface area contributed by atoms with Crippen LogP contribution in [-0.2, 0) is 4.74 Å². The maximum Gasteiger partial charge on any atom is 0.338 e. The van der Waals surface area contributed by atoms with Crippen LogP contribution in [0.15, 0.2) is 57.6 Å². The van der Waals surface area contributed by atoms with Gasteiger partial charge in [-0.15, -0.1) is 0 Å². The molecule has 0 unspecified atom stereocenters. The van der Waals surface area contributed by atoms with E-state index in [2.05, 4.69) is 21.2 Å². The normalized spacial score (nSPS) is 10.5. The zero-order valence-corrected chi connectivity index (χ0v) is 19.1. The van der Waals surface area contributed by atoms with E-state index in [1.54, 1.807) is 55.6 Å². The first-order chi connectivity index (χ1) is 14.7. The summed E-state index contributed by atoms with van der Waals surface area (Å²) in [6, 6.07) is 13.3. The Morgan fingerprint density at radius 1 is 1.03 bits per heavy atom. The molecule has 2 amide bonds. The molecule has 3 aromatic rings. The Bertz CT molecular complexity index is 1170. The van der Waals surface area contributed by atoms with E-state index < -0.39 is 17.8 Å². The van der Waals surface area contributed by atoms with E-state index in [0.717, 1.165) is 11.1 Å². The average molecular weight is 485 g/mol. The number of anilines is 2. The number of nitrogens with zero attached hydrogens (tertiary/aromatic N) is 1. The number of amides is 2. The van der Waals surface area contributed by atoms with Crippen molar-refractivity contribution in [2.75, 3.05) is 24.4 Å². The fourth-order valence-electron chi connectivity index (χ4n) is 3.11. The molecule has 0 atom stereocenters. The SMILES string of the molecule is COC(=O)c1cc(NC(=O)c2ccccc2N(C)C(=O)c2ccc(Br)o2)cc(C)c1C. The summed E-state index contributed by atoms with van der Waals surface area (Å²) >= 11 is 3.18. The lowest BCUT2D eigenvalue weighted by Gasteiger charge is -2.19. The van der Waals surface area contributed by atoms with Crippen LogP contribution < -0.4 is 10.2 Å². The molecule has 3 rings (SSSR count). The topological polar surface area (TPSA) is 88.9 Å². The fourth-order valence-corrected chi connectivity index (χ4v) is 3.42. The number of benzene rings is 2. The van der Waals surface area contributed by atoms with Gasteiger partial charge in [0, 0.05) is 12.7 Å². The van der Waals surface area contributed by atoms with Gasteiger partial charge < -0.3 is 19.4 Å². The molecule has 1 N–H and O–H groups in total. The number of carbonyl (C=O) groups excluding carboxylic acids is 3. The van der Waals surface area contributed by atoms with Crippen molar-refractivity contribution in [3.8, 4) is 0 Å². The maximum atomic E-state index is 13.1. The number of nitrogens with one attached hydrogen (secondary N) is 1. The molecule has 31 heavy (non-hydrogen) atoms. The van der Waals surface area contributed by atoms with Gasteiger partial charge >= 0.3 is 5.97 Å². The van der Waals surface area contributed by atoms with Gasteiger partial charge in [0.1, 0.15) is 0 Å². The van der Waals surface area contributed by atoms with Gasteiger partial charge in [0.15, 0.2) is 10.4 Å². The van der Waals surface area contributed by atoms with Gasteiger partial charge in [-0.3, -0.25) is 9.59 Å². The summed E-state index contributed by atoms with van der Waals surface area (Å²) in [5, 5.41) is 2.81. The summed E-state index contributed by atoms with van der Waals surface area (Å²) in [5.74, 6) is -1.16. The molecule has 0 saturated carbocycles. The molecule has 1 aromatic heterocycles. The predicted molar refractivity (Wildman–Crippen MR) is 121 cm³/mol. The van der Waals surface area contributed by atoms with Crippen LogP contribution in [-0.4, -0.2) is 31.9 Å². The number of halogens is 1. The lowest BCUT2D eigenvalue weighted by Crippen LogP contribution is -2.28. The van der Waals surface area contributed by atoms with E-state index in [0.29, 0.717) is 27.2 Å². The summed E-state index contributed by atoms with van der Waals surface area (Å²) in [6.07, 6.45) is 0. The molecule has 0 saturated heterocycles. The Kier molecular flexibility index (Phi) is 6.60. The Morgan fingerprint density at radius 3 is 2.39 bits per heavy atom. The fraction of sp³-hybridized carbons (Fsp3) is 0.174. The molecular weight excluding hydrogens is 464 g/mol. The van der Waals surface area contributed by atoms with Crippen molar-refractivity contribution in [2.45, 2.75) is 13.8 Å². The van der Waals surface area contributed by atoms with Crippen molar-refractivity contribution in [3.05, 3.63) is 81.2 Å². The molecule has 7 nitrogen and oxygen atoms in total. The van der Waals surface area contributed by atoms with Crippen molar-refractivity contribution in [2.24, 2.45) is 0 Å². The predicted octanol–water partition coefficient (Wildman–Crippen LogP) is 4.97.